The van der Waals surface area contributed by atoms with Gasteiger partial charge in [0.2, 0.25) is 0 Å². The monoisotopic (exact) mass is 297 g/mol. The van der Waals surface area contributed by atoms with Crippen LogP contribution in [0.4, 0.5) is 0 Å². The molecule has 0 aliphatic carbocycles. The fourth-order valence-electron chi connectivity index (χ4n) is 2.02. The Morgan fingerprint density at radius 3 is 2.18 bits per heavy atom. The average Bonchev–Trinajstić information content (AvgIpc) is 2.56. The van der Waals surface area contributed by atoms with Crippen LogP contribution in [0.3, 0.4) is 0 Å². The lowest BCUT2D eigenvalue weighted by atomic mass is 10.0. The fourth-order valence-corrected chi connectivity index (χ4v) is 2.02. The number of carbonyl (C=O) groups is 2. The summed E-state index contributed by atoms with van der Waals surface area (Å²) in [6.45, 7) is 4.11. The molecule has 0 aliphatic heterocycles. The number of likely N-dealkylation sites (N-methyl/N-ethyl adjacent to an activating group) is 1. The van der Waals surface area contributed by atoms with Gasteiger partial charge in [-0.25, -0.2) is 0 Å². The molecule has 0 fully saturated rings. The van der Waals surface area contributed by atoms with E-state index in [9.17, 15) is 9.59 Å². The quantitative estimate of drug-likeness (QED) is 0.834. The van der Waals surface area contributed by atoms with Crippen molar-refractivity contribution in [2.75, 3.05) is 6.54 Å². The Kier molecular flexibility index (Phi) is 5.31. The summed E-state index contributed by atoms with van der Waals surface area (Å²) in [7, 11) is 0. The minimum atomic E-state index is -0.573. The highest BCUT2D eigenvalue weighted by atomic mass is 16.5. The second-order valence-corrected chi connectivity index (χ2v) is 4.87. The summed E-state index contributed by atoms with van der Waals surface area (Å²) in [6, 6.07) is 15.9. The number of hydrogen-bond acceptors (Lipinski definition) is 3. The number of ether oxygens (including phenoxy) is 1. The van der Waals surface area contributed by atoms with Gasteiger partial charge >= 0.3 is 0 Å². The highest BCUT2D eigenvalue weighted by Gasteiger charge is 2.14. The van der Waals surface area contributed by atoms with E-state index in [2.05, 4.69) is 5.32 Å². The molecule has 0 spiro atoms. The Morgan fingerprint density at radius 1 is 1.00 bits per heavy atom. The van der Waals surface area contributed by atoms with Crippen LogP contribution in [0.5, 0.6) is 5.75 Å². The largest absolute Gasteiger partial charge is 0.481 e. The van der Waals surface area contributed by atoms with E-state index in [1.54, 1.807) is 43.3 Å². The van der Waals surface area contributed by atoms with Crippen LogP contribution in [0.2, 0.25) is 0 Å². The van der Waals surface area contributed by atoms with Gasteiger partial charge in [0.15, 0.2) is 11.9 Å². The van der Waals surface area contributed by atoms with E-state index in [0.29, 0.717) is 23.4 Å². The second-order valence-electron chi connectivity index (χ2n) is 4.87. The van der Waals surface area contributed by atoms with Crippen LogP contribution < -0.4 is 10.1 Å². The Morgan fingerprint density at radius 2 is 1.59 bits per heavy atom. The van der Waals surface area contributed by atoms with Crippen LogP contribution in [0.1, 0.15) is 29.8 Å². The molecule has 2 aromatic carbocycles. The predicted molar refractivity (Wildman–Crippen MR) is 85.1 cm³/mol. The molecule has 1 N–H and O–H groups in total. The molecule has 0 saturated heterocycles. The molecule has 114 valence electrons. The summed E-state index contributed by atoms with van der Waals surface area (Å²) < 4.78 is 5.55. The van der Waals surface area contributed by atoms with E-state index in [1.807, 2.05) is 25.1 Å². The number of carbonyl (C=O) groups excluding carboxylic acids is 2. The maximum Gasteiger partial charge on any atom is 0.260 e. The van der Waals surface area contributed by atoms with E-state index in [1.165, 1.54) is 0 Å². The molecule has 1 amide bonds. The number of rotatable bonds is 6. The van der Waals surface area contributed by atoms with Gasteiger partial charge < -0.3 is 10.1 Å². The number of nitrogens with one attached hydrogen (secondary N) is 1. The van der Waals surface area contributed by atoms with Crippen molar-refractivity contribution in [3.8, 4) is 5.75 Å². The molecule has 4 nitrogen and oxygen atoms in total. The van der Waals surface area contributed by atoms with Gasteiger partial charge in [0.1, 0.15) is 5.75 Å². The van der Waals surface area contributed by atoms with E-state index in [-0.39, 0.29) is 11.7 Å². The van der Waals surface area contributed by atoms with Gasteiger partial charge in [-0.1, -0.05) is 30.3 Å². The van der Waals surface area contributed by atoms with Crippen LogP contribution in [0.15, 0.2) is 54.6 Å². The van der Waals surface area contributed by atoms with Crippen molar-refractivity contribution in [1.29, 1.82) is 0 Å². The van der Waals surface area contributed by atoms with Crippen molar-refractivity contribution in [2.45, 2.75) is 20.0 Å². The third-order valence-electron chi connectivity index (χ3n) is 3.19. The normalized spacial score (nSPS) is 11.5. The topological polar surface area (TPSA) is 55.4 Å². The first kappa shape index (κ1) is 15.8. The summed E-state index contributed by atoms with van der Waals surface area (Å²) in [6.07, 6.45) is -0.573. The Balaban J connectivity index is 2.04. The van der Waals surface area contributed by atoms with Crippen molar-refractivity contribution >= 4 is 11.7 Å². The maximum atomic E-state index is 12.3. The van der Waals surface area contributed by atoms with Crippen molar-refractivity contribution in [3.05, 3.63) is 65.7 Å². The van der Waals surface area contributed by atoms with Crippen LogP contribution >= 0.6 is 0 Å². The molecule has 0 saturated carbocycles. The van der Waals surface area contributed by atoms with Crippen molar-refractivity contribution < 1.29 is 14.3 Å². The van der Waals surface area contributed by atoms with Gasteiger partial charge in [-0.3, -0.25) is 9.59 Å². The van der Waals surface area contributed by atoms with Gasteiger partial charge in [0.25, 0.3) is 5.91 Å². The minimum absolute atomic E-state index is 0.0380. The molecular weight excluding hydrogens is 278 g/mol. The predicted octanol–water partition coefficient (Wildman–Crippen LogP) is 2.82. The van der Waals surface area contributed by atoms with Gasteiger partial charge in [-0.05, 0) is 38.1 Å². The highest BCUT2D eigenvalue weighted by Crippen LogP contribution is 2.16. The van der Waals surface area contributed by atoms with Crippen molar-refractivity contribution in [2.24, 2.45) is 0 Å². The molecule has 2 rings (SSSR count). The molecule has 0 radical (unpaired) electrons. The second kappa shape index (κ2) is 7.41. The zero-order valence-corrected chi connectivity index (χ0v) is 12.7. The van der Waals surface area contributed by atoms with E-state index >= 15 is 0 Å². The summed E-state index contributed by atoms with van der Waals surface area (Å²) >= 11 is 0. The molecule has 4 heteroatoms. The average molecular weight is 297 g/mol. The van der Waals surface area contributed by atoms with E-state index < -0.39 is 6.10 Å². The smallest absolute Gasteiger partial charge is 0.260 e. The SMILES string of the molecule is CCNC(=O)[C@@H](C)Oc1ccc(C(=O)c2ccccc2)cc1. The summed E-state index contributed by atoms with van der Waals surface area (Å²) in [5, 5.41) is 2.70. The van der Waals surface area contributed by atoms with Crippen molar-refractivity contribution in [1.82, 2.24) is 5.32 Å². The van der Waals surface area contributed by atoms with Crippen molar-refractivity contribution in [3.63, 3.8) is 0 Å². The molecule has 0 aromatic heterocycles. The molecule has 0 unspecified atom stereocenters. The number of benzene rings is 2. The third kappa shape index (κ3) is 3.95. The fraction of sp³-hybridized carbons (Fsp3) is 0.222. The summed E-state index contributed by atoms with van der Waals surface area (Å²) in [4.78, 5) is 23.9. The van der Waals surface area contributed by atoms with Gasteiger partial charge in [0.05, 0.1) is 0 Å². The lowest BCUT2D eigenvalue weighted by molar-refractivity contribution is -0.127. The lowest BCUT2D eigenvalue weighted by Gasteiger charge is -2.14. The van der Waals surface area contributed by atoms with Crippen LogP contribution in [0, 0.1) is 0 Å². The standard InChI is InChI=1S/C18H19NO3/c1-3-19-18(21)13(2)22-16-11-9-15(10-12-16)17(20)14-7-5-4-6-8-14/h4-13H,3H2,1-2H3,(H,19,21)/t13-/m1/s1. The summed E-state index contributed by atoms with van der Waals surface area (Å²) in [5.41, 5.74) is 1.23. The number of amides is 1. The van der Waals surface area contributed by atoms with Gasteiger partial charge in [-0.2, -0.15) is 0 Å². The molecule has 1 atom stereocenters. The maximum absolute atomic E-state index is 12.3. The van der Waals surface area contributed by atoms with Crippen LogP contribution in [0.25, 0.3) is 0 Å². The Labute approximate surface area is 130 Å². The van der Waals surface area contributed by atoms with Gasteiger partial charge in [0, 0.05) is 17.7 Å². The molecule has 0 aliphatic rings. The van der Waals surface area contributed by atoms with E-state index in [4.69, 9.17) is 4.74 Å². The molecule has 2 aromatic rings. The molecule has 22 heavy (non-hydrogen) atoms. The first-order valence-corrected chi connectivity index (χ1v) is 7.26. The summed E-state index contributed by atoms with van der Waals surface area (Å²) in [5.74, 6) is 0.360. The van der Waals surface area contributed by atoms with Crippen LogP contribution in [-0.4, -0.2) is 24.3 Å². The first-order chi connectivity index (χ1) is 10.6. The highest BCUT2D eigenvalue weighted by molar-refractivity contribution is 6.08. The zero-order valence-electron chi connectivity index (χ0n) is 12.7. The van der Waals surface area contributed by atoms with E-state index in [0.717, 1.165) is 0 Å². The van der Waals surface area contributed by atoms with Gasteiger partial charge in [-0.15, -0.1) is 0 Å². The number of ketones is 1. The number of hydrogen-bond donors (Lipinski definition) is 1. The first-order valence-electron chi connectivity index (χ1n) is 7.26. The lowest BCUT2D eigenvalue weighted by Crippen LogP contribution is -2.36. The molecule has 0 bridgehead atoms. The third-order valence-corrected chi connectivity index (χ3v) is 3.19. The van der Waals surface area contributed by atoms with Crippen LogP contribution in [-0.2, 0) is 4.79 Å². The Hall–Kier alpha value is -2.62. The molecular formula is C18H19NO3. The minimum Gasteiger partial charge on any atom is -0.481 e. The zero-order chi connectivity index (χ0) is 15.9. The Bertz CT molecular complexity index is 635. The molecule has 0 heterocycles.